The zero-order valence-corrected chi connectivity index (χ0v) is 9.54. The van der Waals surface area contributed by atoms with E-state index in [2.05, 4.69) is 5.10 Å². The lowest BCUT2D eigenvalue weighted by Gasteiger charge is -2.04. The second kappa shape index (κ2) is 6.61. The zero-order chi connectivity index (χ0) is 12.7. The Hall–Kier alpha value is -1.08. The van der Waals surface area contributed by atoms with Gasteiger partial charge in [0.25, 0.3) is 0 Å². The molecule has 1 heterocycles. The van der Waals surface area contributed by atoms with E-state index < -0.39 is 11.9 Å². The summed E-state index contributed by atoms with van der Waals surface area (Å²) in [5.41, 5.74) is -0.863. The molecule has 1 rings (SSSR count). The molecule has 0 saturated carbocycles. The Morgan fingerprint density at radius 2 is 2.06 bits per heavy atom. The van der Waals surface area contributed by atoms with Crippen LogP contribution < -0.4 is 0 Å². The fourth-order valence-electron chi connectivity index (χ4n) is 1.21. The smallest absolute Gasteiger partial charge is 0.382 e. The molecular formula is C10H15F3N2O2. The highest BCUT2D eigenvalue weighted by Crippen LogP contribution is 2.27. The Kier molecular flexibility index (Phi) is 5.43. The van der Waals surface area contributed by atoms with Crippen LogP contribution in [0, 0.1) is 0 Å². The molecule has 0 aromatic carbocycles. The Bertz CT molecular complexity index is 326. The molecule has 4 nitrogen and oxygen atoms in total. The molecule has 98 valence electrons. The second-order valence-corrected chi connectivity index (χ2v) is 3.42. The predicted octanol–water partition coefficient (Wildman–Crippen LogP) is 1.96. The third-order valence-electron chi connectivity index (χ3n) is 2.04. The van der Waals surface area contributed by atoms with E-state index in [0.29, 0.717) is 32.8 Å². The van der Waals surface area contributed by atoms with Gasteiger partial charge >= 0.3 is 6.18 Å². The summed E-state index contributed by atoms with van der Waals surface area (Å²) in [5, 5.41) is 3.43. The fraction of sp³-hybridized carbons (Fsp3) is 0.700. The first kappa shape index (κ1) is 14.0. The van der Waals surface area contributed by atoms with Crippen molar-refractivity contribution < 1.29 is 22.6 Å². The highest BCUT2D eigenvalue weighted by Gasteiger charge is 2.33. The molecular weight excluding hydrogens is 237 g/mol. The number of hydrogen-bond donors (Lipinski definition) is 0. The molecule has 0 unspecified atom stereocenters. The van der Waals surface area contributed by atoms with E-state index in [0.717, 1.165) is 6.07 Å². The number of aryl methyl sites for hydroxylation is 1. The molecule has 1 aromatic rings. The van der Waals surface area contributed by atoms with Crippen molar-refractivity contribution in [1.29, 1.82) is 0 Å². The van der Waals surface area contributed by atoms with Crippen LogP contribution in [0.2, 0.25) is 0 Å². The van der Waals surface area contributed by atoms with Crippen LogP contribution in [-0.4, -0.2) is 36.7 Å². The molecule has 0 saturated heterocycles. The molecule has 0 N–H and O–H groups in total. The summed E-state index contributed by atoms with van der Waals surface area (Å²) < 4.78 is 47.9. The maximum atomic E-state index is 12.2. The summed E-state index contributed by atoms with van der Waals surface area (Å²) in [6.07, 6.45) is -2.44. The molecule has 0 amide bonds. The van der Waals surface area contributed by atoms with Gasteiger partial charge in [-0.15, -0.1) is 0 Å². The lowest BCUT2D eigenvalue weighted by molar-refractivity contribution is -0.141. The molecule has 0 spiro atoms. The minimum Gasteiger partial charge on any atom is -0.382 e. The van der Waals surface area contributed by atoms with Crippen LogP contribution in [0.5, 0.6) is 0 Å². The van der Waals surface area contributed by atoms with Crippen molar-refractivity contribution in [2.75, 3.05) is 26.9 Å². The van der Waals surface area contributed by atoms with Gasteiger partial charge in [-0.2, -0.15) is 18.3 Å². The Labute approximate surface area is 97.3 Å². The summed E-state index contributed by atoms with van der Waals surface area (Å²) in [6.45, 7) is 1.89. The molecule has 0 aliphatic carbocycles. The molecule has 17 heavy (non-hydrogen) atoms. The predicted molar refractivity (Wildman–Crippen MR) is 54.5 cm³/mol. The molecule has 0 bridgehead atoms. The molecule has 0 aliphatic rings. The number of hydrogen-bond acceptors (Lipinski definition) is 3. The van der Waals surface area contributed by atoms with Gasteiger partial charge in [-0.3, -0.25) is 4.68 Å². The standard InChI is InChI=1S/C10H15F3N2O2/c1-16-7-8-17-6-2-4-15-5-3-9(14-15)10(11,12)13/h3,5H,2,4,6-8H2,1H3. The van der Waals surface area contributed by atoms with E-state index in [1.54, 1.807) is 7.11 Å². The lowest BCUT2D eigenvalue weighted by atomic mass is 10.4. The zero-order valence-electron chi connectivity index (χ0n) is 9.54. The van der Waals surface area contributed by atoms with Crippen LogP contribution in [0.4, 0.5) is 13.2 Å². The summed E-state index contributed by atoms with van der Waals surface area (Å²) in [4.78, 5) is 0. The van der Waals surface area contributed by atoms with Gasteiger partial charge in [0.05, 0.1) is 13.2 Å². The number of nitrogens with zero attached hydrogens (tertiary/aromatic N) is 2. The van der Waals surface area contributed by atoms with E-state index in [4.69, 9.17) is 9.47 Å². The van der Waals surface area contributed by atoms with Crippen molar-refractivity contribution in [2.24, 2.45) is 0 Å². The first-order valence-electron chi connectivity index (χ1n) is 5.21. The second-order valence-electron chi connectivity index (χ2n) is 3.42. The third-order valence-corrected chi connectivity index (χ3v) is 2.04. The number of alkyl halides is 3. The van der Waals surface area contributed by atoms with Crippen molar-refractivity contribution in [3.63, 3.8) is 0 Å². The van der Waals surface area contributed by atoms with E-state index in [1.165, 1.54) is 10.9 Å². The van der Waals surface area contributed by atoms with Gasteiger partial charge in [0.1, 0.15) is 0 Å². The van der Waals surface area contributed by atoms with E-state index in [-0.39, 0.29) is 0 Å². The van der Waals surface area contributed by atoms with Crippen molar-refractivity contribution in [2.45, 2.75) is 19.1 Å². The van der Waals surface area contributed by atoms with Crippen molar-refractivity contribution >= 4 is 0 Å². The first-order chi connectivity index (χ1) is 8.04. The average molecular weight is 252 g/mol. The number of rotatable bonds is 7. The monoisotopic (exact) mass is 252 g/mol. The highest BCUT2D eigenvalue weighted by molar-refractivity contribution is 5.02. The van der Waals surface area contributed by atoms with E-state index in [9.17, 15) is 13.2 Å². The SMILES string of the molecule is COCCOCCCn1ccc(C(F)(F)F)n1. The van der Waals surface area contributed by atoms with Gasteiger partial charge in [0, 0.05) is 26.5 Å². The van der Waals surface area contributed by atoms with Crippen molar-refractivity contribution in [1.82, 2.24) is 9.78 Å². The van der Waals surface area contributed by atoms with Crippen LogP contribution in [0.3, 0.4) is 0 Å². The number of methoxy groups -OCH3 is 1. The van der Waals surface area contributed by atoms with Gasteiger partial charge in [-0.05, 0) is 12.5 Å². The van der Waals surface area contributed by atoms with Gasteiger partial charge < -0.3 is 9.47 Å². The van der Waals surface area contributed by atoms with Crippen LogP contribution in [0.1, 0.15) is 12.1 Å². The topological polar surface area (TPSA) is 36.3 Å². The van der Waals surface area contributed by atoms with Gasteiger partial charge in [-0.1, -0.05) is 0 Å². The Morgan fingerprint density at radius 1 is 1.29 bits per heavy atom. The highest BCUT2D eigenvalue weighted by atomic mass is 19.4. The van der Waals surface area contributed by atoms with Gasteiger partial charge in [-0.25, -0.2) is 0 Å². The molecule has 0 aliphatic heterocycles. The Balaban J connectivity index is 2.21. The molecule has 7 heteroatoms. The maximum Gasteiger partial charge on any atom is 0.435 e. The number of aromatic nitrogens is 2. The average Bonchev–Trinajstić information content (AvgIpc) is 2.71. The third kappa shape index (κ3) is 5.18. The van der Waals surface area contributed by atoms with Crippen LogP contribution in [0.15, 0.2) is 12.3 Å². The molecule has 0 atom stereocenters. The van der Waals surface area contributed by atoms with Crippen molar-refractivity contribution in [3.8, 4) is 0 Å². The molecule has 0 fully saturated rings. The van der Waals surface area contributed by atoms with Crippen LogP contribution >= 0.6 is 0 Å². The number of ether oxygens (including phenoxy) is 2. The maximum absolute atomic E-state index is 12.2. The van der Waals surface area contributed by atoms with Gasteiger partial charge in [0.15, 0.2) is 5.69 Å². The first-order valence-corrected chi connectivity index (χ1v) is 5.21. The van der Waals surface area contributed by atoms with Crippen LogP contribution in [-0.2, 0) is 22.2 Å². The van der Waals surface area contributed by atoms with Crippen molar-refractivity contribution in [3.05, 3.63) is 18.0 Å². The summed E-state index contributed by atoms with van der Waals surface area (Å²) in [5.74, 6) is 0. The minimum absolute atomic E-state index is 0.406. The molecule has 1 aromatic heterocycles. The normalized spacial score (nSPS) is 12.0. The summed E-state index contributed by atoms with van der Waals surface area (Å²) >= 11 is 0. The van der Waals surface area contributed by atoms with E-state index >= 15 is 0 Å². The molecule has 0 radical (unpaired) electrons. The lowest BCUT2D eigenvalue weighted by Crippen LogP contribution is -2.09. The van der Waals surface area contributed by atoms with Crippen LogP contribution in [0.25, 0.3) is 0 Å². The summed E-state index contributed by atoms with van der Waals surface area (Å²) in [7, 11) is 1.58. The minimum atomic E-state index is -4.37. The quantitative estimate of drug-likeness (QED) is 0.696. The van der Waals surface area contributed by atoms with E-state index in [1.807, 2.05) is 0 Å². The van der Waals surface area contributed by atoms with Gasteiger partial charge in [0.2, 0.25) is 0 Å². The fourth-order valence-corrected chi connectivity index (χ4v) is 1.21. The summed E-state index contributed by atoms with van der Waals surface area (Å²) in [6, 6.07) is 0.964. The Morgan fingerprint density at radius 3 is 2.65 bits per heavy atom. The number of halogens is 3. The largest absolute Gasteiger partial charge is 0.435 e.